The first-order valence-corrected chi connectivity index (χ1v) is 5.49. The third-order valence-electron chi connectivity index (χ3n) is 1.90. The Morgan fingerprint density at radius 1 is 1.50 bits per heavy atom. The number of hydrogen-bond acceptors (Lipinski definition) is 2. The lowest BCUT2D eigenvalue weighted by molar-refractivity contribution is 0.0995. The zero-order valence-electron chi connectivity index (χ0n) is 7.09. The van der Waals surface area contributed by atoms with Gasteiger partial charge in [0.2, 0.25) is 5.78 Å². The molecule has 0 amide bonds. The first-order valence-electron chi connectivity index (χ1n) is 3.99. The van der Waals surface area contributed by atoms with Crippen molar-refractivity contribution >= 4 is 44.3 Å². The molecule has 2 nitrogen and oxygen atoms in total. The third kappa shape index (κ3) is 1.57. The number of hydrogen-bond donors (Lipinski definition) is 0. The minimum atomic E-state index is -0.0859. The van der Waals surface area contributed by atoms with Gasteiger partial charge in [0, 0.05) is 5.39 Å². The van der Waals surface area contributed by atoms with Crippen LogP contribution in [0.2, 0.25) is 5.02 Å². The van der Waals surface area contributed by atoms with Crippen LogP contribution in [0.1, 0.15) is 10.6 Å². The van der Waals surface area contributed by atoms with Crippen molar-refractivity contribution in [3.63, 3.8) is 0 Å². The van der Waals surface area contributed by atoms with Gasteiger partial charge >= 0.3 is 0 Å². The highest BCUT2D eigenvalue weighted by molar-refractivity contribution is 9.09. The van der Waals surface area contributed by atoms with E-state index in [2.05, 4.69) is 15.9 Å². The first kappa shape index (κ1) is 9.74. The lowest BCUT2D eigenvalue weighted by Crippen LogP contribution is -1.96. The van der Waals surface area contributed by atoms with E-state index >= 15 is 0 Å². The molecule has 1 aromatic carbocycles. The Morgan fingerprint density at radius 3 is 2.93 bits per heavy atom. The van der Waals surface area contributed by atoms with E-state index < -0.39 is 0 Å². The fourth-order valence-electron chi connectivity index (χ4n) is 1.23. The second-order valence-electron chi connectivity index (χ2n) is 2.82. The molecule has 0 saturated heterocycles. The highest BCUT2D eigenvalue weighted by Gasteiger charge is 2.11. The van der Waals surface area contributed by atoms with E-state index in [1.807, 2.05) is 0 Å². The highest BCUT2D eigenvalue weighted by atomic mass is 79.9. The Morgan fingerprint density at radius 2 is 2.29 bits per heavy atom. The zero-order valence-corrected chi connectivity index (χ0v) is 9.43. The summed E-state index contributed by atoms with van der Waals surface area (Å²) >= 11 is 9.02. The molecule has 14 heavy (non-hydrogen) atoms. The Hall–Kier alpha value is -0.800. The molecule has 0 unspecified atom stereocenters. The molecule has 0 N–H and O–H groups in total. The number of carbonyl (C=O) groups is 1. The zero-order chi connectivity index (χ0) is 10.1. The van der Waals surface area contributed by atoms with E-state index in [-0.39, 0.29) is 11.1 Å². The van der Waals surface area contributed by atoms with Crippen LogP contribution in [-0.4, -0.2) is 11.1 Å². The number of benzene rings is 1. The first-order chi connectivity index (χ1) is 6.72. The molecule has 2 rings (SSSR count). The van der Waals surface area contributed by atoms with E-state index in [9.17, 15) is 4.79 Å². The summed E-state index contributed by atoms with van der Waals surface area (Å²) < 4.78 is 5.34. The van der Waals surface area contributed by atoms with Gasteiger partial charge in [-0.15, -0.1) is 0 Å². The molecule has 0 saturated carbocycles. The summed E-state index contributed by atoms with van der Waals surface area (Å²) in [5.41, 5.74) is 0.641. The molecule has 0 aliphatic heterocycles. The SMILES string of the molecule is O=C(CBr)c1cc2c(Cl)cccc2o1. The summed E-state index contributed by atoms with van der Waals surface area (Å²) in [6, 6.07) is 7.01. The number of furan rings is 1. The maximum absolute atomic E-state index is 11.3. The fourth-order valence-corrected chi connectivity index (χ4v) is 1.73. The topological polar surface area (TPSA) is 30.2 Å². The molecular formula is C10H6BrClO2. The molecule has 4 heteroatoms. The van der Waals surface area contributed by atoms with E-state index in [1.165, 1.54) is 0 Å². The van der Waals surface area contributed by atoms with Crippen LogP contribution in [0.5, 0.6) is 0 Å². The van der Waals surface area contributed by atoms with Gasteiger partial charge in [0.25, 0.3) is 0 Å². The van der Waals surface area contributed by atoms with Crippen LogP contribution < -0.4 is 0 Å². The second-order valence-corrected chi connectivity index (χ2v) is 3.79. The quantitative estimate of drug-likeness (QED) is 0.617. The molecule has 2 aromatic rings. The number of ketones is 1. The van der Waals surface area contributed by atoms with Crippen LogP contribution in [0.3, 0.4) is 0 Å². The molecule has 0 aliphatic carbocycles. The minimum Gasteiger partial charge on any atom is -0.453 e. The molecule has 1 heterocycles. The van der Waals surface area contributed by atoms with Gasteiger partial charge < -0.3 is 4.42 Å². The molecule has 0 fully saturated rings. The highest BCUT2D eigenvalue weighted by Crippen LogP contribution is 2.26. The van der Waals surface area contributed by atoms with Crippen molar-refractivity contribution < 1.29 is 9.21 Å². The molecule has 0 atom stereocenters. The Kier molecular flexibility index (Phi) is 2.61. The van der Waals surface area contributed by atoms with Crippen molar-refractivity contribution in [2.24, 2.45) is 0 Å². The number of fused-ring (bicyclic) bond motifs is 1. The smallest absolute Gasteiger partial charge is 0.208 e. The predicted octanol–water partition coefficient (Wildman–Crippen LogP) is 3.66. The Balaban J connectivity index is 2.62. The van der Waals surface area contributed by atoms with E-state index in [1.54, 1.807) is 24.3 Å². The van der Waals surface area contributed by atoms with Crippen molar-refractivity contribution in [1.29, 1.82) is 0 Å². The van der Waals surface area contributed by atoms with E-state index in [4.69, 9.17) is 16.0 Å². The molecular weight excluding hydrogens is 267 g/mol. The van der Waals surface area contributed by atoms with Gasteiger partial charge in [0.1, 0.15) is 5.58 Å². The molecule has 0 spiro atoms. The van der Waals surface area contributed by atoms with Crippen LogP contribution >= 0.6 is 27.5 Å². The maximum atomic E-state index is 11.3. The second kappa shape index (κ2) is 3.75. The summed E-state index contributed by atoms with van der Waals surface area (Å²) in [7, 11) is 0. The summed E-state index contributed by atoms with van der Waals surface area (Å²) in [4.78, 5) is 11.3. The van der Waals surface area contributed by atoms with Crippen molar-refractivity contribution in [2.45, 2.75) is 0 Å². The molecule has 72 valence electrons. The Labute approximate surface area is 94.0 Å². The van der Waals surface area contributed by atoms with Crippen molar-refractivity contribution in [1.82, 2.24) is 0 Å². The molecule has 0 radical (unpaired) electrons. The summed E-state index contributed by atoms with van der Waals surface area (Å²) in [5, 5.41) is 1.63. The molecule has 0 bridgehead atoms. The maximum Gasteiger partial charge on any atom is 0.208 e. The largest absolute Gasteiger partial charge is 0.453 e. The standard InChI is InChI=1S/C10H6BrClO2/c11-5-8(13)10-4-6-7(12)2-1-3-9(6)14-10/h1-4H,5H2. The number of rotatable bonds is 2. The van der Waals surface area contributed by atoms with Crippen LogP contribution in [-0.2, 0) is 0 Å². The average Bonchev–Trinajstić information content (AvgIpc) is 2.62. The summed E-state index contributed by atoms with van der Waals surface area (Å²) in [6.07, 6.45) is 0. The average molecular weight is 274 g/mol. The summed E-state index contributed by atoms with van der Waals surface area (Å²) in [6.45, 7) is 0. The van der Waals surface area contributed by atoms with E-state index in [0.717, 1.165) is 5.39 Å². The van der Waals surface area contributed by atoms with Crippen LogP contribution in [0.4, 0.5) is 0 Å². The number of alkyl halides is 1. The normalized spacial score (nSPS) is 10.7. The number of halogens is 2. The van der Waals surface area contributed by atoms with Gasteiger partial charge in [-0.1, -0.05) is 33.6 Å². The molecule has 0 aliphatic rings. The van der Waals surface area contributed by atoms with Gasteiger partial charge in [0.15, 0.2) is 5.76 Å². The fraction of sp³-hybridized carbons (Fsp3) is 0.100. The van der Waals surface area contributed by atoms with Gasteiger partial charge in [-0.05, 0) is 18.2 Å². The number of Topliss-reactive ketones (excluding diaryl/α,β-unsaturated/α-hetero) is 1. The van der Waals surface area contributed by atoms with Gasteiger partial charge in [0.05, 0.1) is 10.4 Å². The van der Waals surface area contributed by atoms with Gasteiger partial charge in [-0.25, -0.2) is 0 Å². The third-order valence-corrected chi connectivity index (χ3v) is 2.74. The van der Waals surface area contributed by atoms with Gasteiger partial charge in [-0.3, -0.25) is 4.79 Å². The predicted molar refractivity (Wildman–Crippen MR) is 59.3 cm³/mol. The Bertz CT molecular complexity index is 490. The number of carbonyl (C=O) groups excluding carboxylic acids is 1. The lowest BCUT2D eigenvalue weighted by Gasteiger charge is -1.88. The monoisotopic (exact) mass is 272 g/mol. The lowest BCUT2D eigenvalue weighted by atomic mass is 10.2. The van der Waals surface area contributed by atoms with Crippen LogP contribution in [0.15, 0.2) is 28.7 Å². The minimum absolute atomic E-state index is 0.0859. The van der Waals surface area contributed by atoms with Crippen molar-refractivity contribution in [3.05, 3.63) is 35.0 Å². The van der Waals surface area contributed by atoms with Crippen molar-refractivity contribution in [2.75, 3.05) is 5.33 Å². The van der Waals surface area contributed by atoms with Crippen molar-refractivity contribution in [3.8, 4) is 0 Å². The summed E-state index contributed by atoms with van der Waals surface area (Å²) in [5.74, 6) is 0.252. The van der Waals surface area contributed by atoms with Crippen LogP contribution in [0.25, 0.3) is 11.0 Å². The van der Waals surface area contributed by atoms with E-state index in [0.29, 0.717) is 16.4 Å². The molecule has 1 aromatic heterocycles. The van der Waals surface area contributed by atoms with Gasteiger partial charge in [-0.2, -0.15) is 0 Å². The van der Waals surface area contributed by atoms with Crippen LogP contribution in [0, 0.1) is 0 Å².